The molecule has 0 saturated carbocycles. The number of thiophene rings is 1. The number of nitrogens with zero attached hydrogens (tertiary/aromatic N) is 2. The molecule has 1 aliphatic rings. The van der Waals surface area contributed by atoms with Gasteiger partial charge in [-0.1, -0.05) is 6.92 Å². The van der Waals surface area contributed by atoms with E-state index in [1.54, 1.807) is 11.3 Å². The lowest BCUT2D eigenvalue weighted by atomic mass is 10.2. The Kier molecular flexibility index (Phi) is 3.86. The van der Waals surface area contributed by atoms with E-state index in [2.05, 4.69) is 28.3 Å². The third kappa shape index (κ3) is 2.83. The van der Waals surface area contributed by atoms with Crippen LogP contribution < -0.4 is 5.32 Å². The van der Waals surface area contributed by atoms with E-state index >= 15 is 0 Å². The highest BCUT2D eigenvalue weighted by Crippen LogP contribution is 2.30. The van der Waals surface area contributed by atoms with E-state index in [-0.39, 0.29) is 6.10 Å². The van der Waals surface area contributed by atoms with Gasteiger partial charge in [-0.2, -0.15) is 0 Å². The third-order valence-electron chi connectivity index (χ3n) is 3.29. The minimum Gasteiger partial charge on any atom is -0.376 e. The Labute approximate surface area is 121 Å². The maximum absolute atomic E-state index is 5.98. The monoisotopic (exact) mass is 297 g/mol. The summed E-state index contributed by atoms with van der Waals surface area (Å²) in [5.41, 5.74) is 0. The van der Waals surface area contributed by atoms with Gasteiger partial charge in [0.15, 0.2) is 0 Å². The first-order valence-electron chi connectivity index (χ1n) is 6.57. The van der Waals surface area contributed by atoms with E-state index in [4.69, 9.17) is 16.3 Å². The molecule has 3 rings (SSSR count). The third-order valence-corrected chi connectivity index (χ3v) is 4.63. The van der Waals surface area contributed by atoms with Gasteiger partial charge in [-0.25, -0.2) is 9.97 Å². The molecule has 6 heteroatoms. The van der Waals surface area contributed by atoms with Gasteiger partial charge in [0.1, 0.15) is 10.6 Å². The van der Waals surface area contributed by atoms with Crippen molar-refractivity contribution in [3.8, 4) is 0 Å². The number of halogens is 1. The molecule has 1 unspecified atom stereocenters. The van der Waals surface area contributed by atoms with Crippen LogP contribution in [-0.2, 0) is 11.2 Å². The van der Waals surface area contributed by atoms with Crippen LogP contribution in [0.3, 0.4) is 0 Å². The van der Waals surface area contributed by atoms with Gasteiger partial charge in [0.05, 0.1) is 11.5 Å². The number of aromatic nitrogens is 2. The van der Waals surface area contributed by atoms with Gasteiger partial charge < -0.3 is 10.1 Å². The molecule has 3 heterocycles. The number of hydrogen-bond donors (Lipinski definition) is 1. The molecule has 0 aromatic carbocycles. The lowest BCUT2D eigenvalue weighted by Gasteiger charge is -2.11. The molecule has 1 N–H and O–H groups in total. The molecule has 1 atom stereocenters. The molecule has 0 amide bonds. The molecule has 2 aromatic heterocycles. The van der Waals surface area contributed by atoms with E-state index in [0.29, 0.717) is 5.28 Å². The maximum atomic E-state index is 5.98. The fourth-order valence-electron chi connectivity index (χ4n) is 2.27. The van der Waals surface area contributed by atoms with E-state index in [1.165, 1.54) is 4.88 Å². The van der Waals surface area contributed by atoms with Crippen LogP contribution in [0.25, 0.3) is 10.2 Å². The van der Waals surface area contributed by atoms with Crippen LogP contribution in [-0.4, -0.2) is 29.2 Å². The molecular weight excluding hydrogens is 282 g/mol. The second-order valence-electron chi connectivity index (χ2n) is 4.64. The zero-order valence-corrected chi connectivity index (χ0v) is 12.4. The van der Waals surface area contributed by atoms with Crippen molar-refractivity contribution in [2.24, 2.45) is 0 Å². The van der Waals surface area contributed by atoms with E-state index in [0.717, 1.165) is 48.4 Å². The summed E-state index contributed by atoms with van der Waals surface area (Å²) < 4.78 is 5.61. The van der Waals surface area contributed by atoms with Gasteiger partial charge in [-0.05, 0) is 36.9 Å². The zero-order valence-electron chi connectivity index (χ0n) is 10.8. The summed E-state index contributed by atoms with van der Waals surface area (Å²) in [4.78, 5) is 10.8. The molecule has 0 radical (unpaired) electrons. The Bertz CT molecular complexity index is 581. The molecule has 1 aliphatic heterocycles. The number of nitrogens with one attached hydrogen (secondary N) is 1. The van der Waals surface area contributed by atoms with Crippen molar-refractivity contribution < 1.29 is 4.74 Å². The number of fused-ring (bicyclic) bond motifs is 1. The van der Waals surface area contributed by atoms with Crippen LogP contribution in [0.5, 0.6) is 0 Å². The molecule has 0 spiro atoms. The number of rotatable bonds is 4. The first-order chi connectivity index (χ1) is 9.26. The molecule has 1 saturated heterocycles. The van der Waals surface area contributed by atoms with Gasteiger partial charge in [0.25, 0.3) is 0 Å². The Morgan fingerprint density at radius 3 is 3.16 bits per heavy atom. The molecule has 0 bridgehead atoms. The van der Waals surface area contributed by atoms with Crippen molar-refractivity contribution in [3.63, 3.8) is 0 Å². The van der Waals surface area contributed by atoms with Crippen molar-refractivity contribution >= 4 is 39.0 Å². The fourth-order valence-corrected chi connectivity index (χ4v) is 3.46. The average molecular weight is 298 g/mol. The molecule has 4 nitrogen and oxygen atoms in total. The Hall–Kier alpha value is -0.910. The standard InChI is InChI=1S/C13H16ClN3OS/c1-2-9-6-10-11(15-7-8-4-3-5-18-8)16-13(14)17-12(10)19-9/h6,8H,2-5,7H2,1H3,(H,15,16,17). The van der Waals surface area contributed by atoms with Gasteiger partial charge in [-0.15, -0.1) is 11.3 Å². The summed E-state index contributed by atoms with van der Waals surface area (Å²) in [6.45, 7) is 3.78. The minimum atomic E-state index is 0.285. The smallest absolute Gasteiger partial charge is 0.225 e. The highest BCUT2D eigenvalue weighted by atomic mass is 35.5. The summed E-state index contributed by atoms with van der Waals surface area (Å²) in [5, 5.41) is 4.71. The van der Waals surface area contributed by atoms with E-state index < -0.39 is 0 Å². The topological polar surface area (TPSA) is 47.0 Å². The SMILES string of the molecule is CCc1cc2c(NCC3CCCO3)nc(Cl)nc2s1. The lowest BCUT2D eigenvalue weighted by molar-refractivity contribution is 0.120. The number of hydrogen-bond acceptors (Lipinski definition) is 5. The second kappa shape index (κ2) is 5.61. The van der Waals surface area contributed by atoms with Crippen LogP contribution in [0.1, 0.15) is 24.6 Å². The average Bonchev–Trinajstić information content (AvgIpc) is 3.04. The van der Waals surface area contributed by atoms with Gasteiger partial charge in [0, 0.05) is 18.0 Å². The first-order valence-corrected chi connectivity index (χ1v) is 7.77. The molecular formula is C13H16ClN3OS. The minimum absolute atomic E-state index is 0.285. The van der Waals surface area contributed by atoms with Crippen LogP contribution >= 0.6 is 22.9 Å². The number of anilines is 1. The van der Waals surface area contributed by atoms with E-state index in [9.17, 15) is 0 Å². The molecule has 1 fully saturated rings. The number of aryl methyl sites for hydroxylation is 1. The van der Waals surface area contributed by atoms with Crippen molar-refractivity contribution in [1.29, 1.82) is 0 Å². The van der Waals surface area contributed by atoms with Gasteiger partial charge >= 0.3 is 0 Å². The summed E-state index contributed by atoms with van der Waals surface area (Å²) in [7, 11) is 0. The molecule has 2 aromatic rings. The second-order valence-corrected chi connectivity index (χ2v) is 6.10. The Morgan fingerprint density at radius 1 is 1.53 bits per heavy atom. The van der Waals surface area contributed by atoms with E-state index in [1.807, 2.05) is 0 Å². The van der Waals surface area contributed by atoms with Crippen LogP contribution in [0, 0.1) is 0 Å². The first kappa shape index (κ1) is 13.1. The summed E-state index contributed by atoms with van der Waals surface area (Å²) in [6.07, 6.45) is 3.54. The Morgan fingerprint density at radius 2 is 2.42 bits per heavy atom. The summed E-state index contributed by atoms with van der Waals surface area (Å²) in [6, 6.07) is 2.15. The normalized spacial score (nSPS) is 19.2. The quantitative estimate of drug-likeness (QED) is 0.878. The largest absolute Gasteiger partial charge is 0.376 e. The zero-order chi connectivity index (χ0) is 13.2. The Balaban J connectivity index is 1.85. The number of ether oxygens (including phenoxy) is 1. The summed E-state index contributed by atoms with van der Waals surface area (Å²) >= 11 is 7.66. The predicted molar refractivity (Wildman–Crippen MR) is 79.3 cm³/mol. The van der Waals surface area contributed by atoms with Crippen LogP contribution in [0.4, 0.5) is 5.82 Å². The van der Waals surface area contributed by atoms with Crippen LogP contribution in [0.15, 0.2) is 6.07 Å². The van der Waals surface area contributed by atoms with Crippen molar-refractivity contribution in [3.05, 3.63) is 16.2 Å². The highest BCUT2D eigenvalue weighted by molar-refractivity contribution is 7.18. The van der Waals surface area contributed by atoms with Crippen LogP contribution in [0.2, 0.25) is 5.28 Å². The van der Waals surface area contributed by atoms with Gasteiger partial charge in [0.2, 0.25) is 5.28 Å². The van der Waals surface area contributed by atoms with Crippen molar-refractivity contribution in [2.75, 3.05) is 18.5 Å². The van der Waals surface area contributed by atoms with Crippen molar-refractivity contribution in [2.45, 2.75) is 32.3 Å². The lowest BCUT2D eigenvalue weighted by Crippen LogP contribution is -2.19. The molecule has 102 valence electrons. The van der Waals surface area contributed by atoms with Crippen molar-refractivity contribution in [1.82, 2.24) is 9.97 Å². The predicted octanol–water partition coefficient (Wildman–Crippen LogP) is 3.50. The van der Waals surface area contributed by atoms with Gasteiger partial charge in [-0.3, -0.25) is 0 Å². The fraction of sp³-hybridized carbons (Fsp3) is 0.538. The maximum Gasteiger partial charge on any atom is 0.225 e. The summed E-state index contributed by atoms with van der Waals surface area (Å²) in [5.74, 6) is 0.821. The highest BCUT2D eigenvalue weighted by Gasteiger charge is 2.17. The molecule has 0 aliphatic carbocycles. The molecule has 19 heavy (non-hydrogen) atoms.